The third-order valence-electron chi connectivity index (χ3n) is 4.09. The monoisotopic (exact) mass is 280 g/mol. The van der Waals surface area contributed by atoms with Gasteiger partial charge in [-0.05, 0) is 31.2 Å². The van der Waals surface area contributed by atoms with Crippen LogP contribution < -0.4 is 0 Å². The molecule has 0 aromatic heterocycles. The summed E-state index contributed by atoms with van der Waals surface area (Å²) in [6, 6.07) is 15.9. The van der Waals surface area contributed by atoms with Gasteiger partial charge in [-0.2, -0.15) is 0 Å². The lowest BCUT2D eigenvalue weighted by Crippen LogP contribution is -2.02. The van der Waals surface area contributed by atoms with Gasteiger partial charge in [0.2, 0.25) is 0 Å². The quantitative estimate of drug-likeness (QED) is 0.637. The zero-order valence-electron chi connectivity index (χ0n) is 13.2. The van der Waals surface area contributed by atoms with Gasteiger partial charge in [0.05, 0.1) is 0 Å². The van der Waals surface area contributed by atoms with Crippen molar-refractivity contribution in [1.82, 2.24) is 0 Å². The first-order chi connectivity index (χ1) is 10.2. The van der Waals surface area contributed by atoms with Gasteiger partial charge in [0.15, 0.2) is 5.78 Å². The Kier molecular flexibility index (Phi) is 5.32. The van der Waals surface area contributed by atoms with E-state index < -0.39 is 0 Å². The minimum Gasteiger partial charge on any atom is -0.289 e. The second-order valence-electron chi connectivity index (χ2n) is 5.71. The van der Waals surface area contributed by atoms with Crippen molar-refractivity contribution in [2.45, 2.75) is 46.0 Å². The normalized spacial score (nSPS) is 12.1. The summed E-state index contributed by atoms with van der Waals surface area (Å²) in [5.74, 6) is 0.712. The summed E-state index contributed by atoms with van der Waals surface area (Å²) in [5, 5.41) is 0. The van der Waals surface area contributed by atoms with Gasteiger partial charge in [-0.1, -0.05) is 74.4 Å². The number of benzene rings is 2. The molecule has 0 radical (unpaired) electrons. The van der Waals surface area contributed by atoms with Crippen LogP contribution in [0.15, 0.2) is 48.5 Å². The highest BCUT2D eigenvalue weighted by atomic mass is 16.1. The molecule has 0 aliphatic carbocycles. The van der Waals surface area contributed by atoms with E-state index in [1.807, 2.05) is 43.3 Å². The van der Waals surface area contributed by atoms with E-state index in [2.05, 4.69) is 26.0 Å². The molecule has 0 saturated heterocycles. The van der Waals surface area contributed by atoms with Crippen molar-refractivity contribution in [2.24, 2.45) is 0 Å². The van der Waals surface area contributed by atoms with Crippen molar-refractivity contribution < 1.29 is 4.79 Å². The highest BCUT2D eigenvalue weighted by Gasteiger charge is 2.11. The van der Waals surface area contributed by atoms with Crippen LogP contribution in [0.2, 0.25) is 0 Å². The maximum absolute atomic E-state index is 12.4. The molecule has 0 bridgehead atoms. The second-order valence-corrected chi connectivity index (χ2v) is 5.71. The fourth-order valence-corrected chi connectivity index (χ4v) is 2.73. The van der Waals surface area contributed by atoms with Crippen molar-refractivity contribution in [3.63, 3.8) is 0 Å². The Morgan fingerprint density at radius 3 is 1.90 bits per heavy atom. The van der Waals surface area contributed by atoms with Crippen LogP contribution in [-0.2, 0) is 0 Å². The first-order valence-corrected chi connectivity index (χ1v) is 7.87. The van der Waals surface area contributed by atoms with Gasteiger partial charge in [-0.15, -0.1) is 0 Å². The van der Waals surface area contributed by atoms with E-state index in [1.165, 1.54) is 24.0 Å². The number of hydrogen-bond acceptors (Lipinski definition) is 1. The Balaban J connectivity index is 2.18. The van der Waals surface area contributed by atoms with Gasteiger partial charge in [-0.3, -0.25) is 4.79 Å². The minimum atomic E-state index is 0.102. The van der Waals surface area contributed by atoms with Crippen LogP contribution in [0.1, 0.15) is 66.1 Å². The maximum atomic E-state index is 12.4. The summed E-state index contributed by atoms with van der Waals surface area (Å²) in [5.41, 5.74) is 4.05. The second kappa shape index (κ2) is 7.21. The van der Waals surface area contributed by atoms with Crippen LogP contribution in [-0.4, -0.2) is 5.78 Å². The third-order valence-corrected chi connectivity index (χ3v) is 4.09. The summed E-state index contributed by atoms with van der Waals surface area (Å²) in [6.07, 6.45) is 3.56. The average Bonchev–Trinajstić information content (AvgIpc) is 2.53. The van der Waals surface area contributed by atoms with Crippen molar-refractivity contribution in [2.75, 3.05) is 0 Å². The zero-order valence-corrected chi connectivity index (χ0v) is 13.2. The highest BCUT2D eigenvalue weighted by molar-refractivity contribution is 6.08. The molecule has 0 heterocycles. The summed E-state index contributed by atoms with van der Waals surface area (Å²) in [4.78, 5) is 12.4. The smallest absolute Gasteiger partial charge is 0.193 e. The lowest BCUT2D eigenvalue weighted by atomic mass is 9.91. The molecule has 21 heavy (non-hydrogen) atoms. The summed E-state index contributed by atoms with van der Waals surface area (Å²) in [6.45, 7) is 6.48. The number of rotatable bonds is 6. The Morgan fingerprint density at radius 1 is 0.905 bits per heavy atom. The van der Waals surface area contributed by atoms with Gasteiger partial charge in [0, 0.05) is 11.1 Å². The summed E-state index contributed by atoms with van der Waals surface area (Å²) in [7, 11) is 0. The minimum absolute atomic E-state index is 0.102. The SMILES string of the molecule is CCCC(CC)c1ccc(C(=O)c2ccc(C)cc2)cc1. The van der Waals surface area contributed by atoms with E-state index >= 15 is 0 Å². The number of aryl methyl sites for hydroxylation is 1. The van der Waals surface area contributed by atoms with Gasteiger partial charge >= 0.3 is 0 Å². The first-order valence-electron chi connectivity index (χ1n) is 7.87. The largest absolute Gasteiger partial charge is 0.289 e. The van der Waals surface area contributed by atoms with E-state index in [0.717, 1.165) is 17.5 Å². The van der Waals surface area contributed by atoms with E-state index in [4.69, 9.17) is 0 Å². The number of carbonyl (C=O) groups is 1. The molecule has 0 saturated carbocycles. The van der Waals surface area contributed by atoms with Crippen LogP contribution in [0.25, 0.3) is 0 Å². The Hall–Kier alpha value is -1.89. The molecule has 0 amide bonds. The molecule has 1 atom stereocenters. The standard InChI is InChI=1S/C20H24O/c1-4-6-16(5-2)17-11-13-19(14-12-17)20(21)18-9-7-15(3)8-10-18/h7-14,16H,4-6H2,1-3H3. The van der Waals surface area contributed by atoms with E-state index in [9.17, 15) is 4.79 Å². The average molecular weight is 280 g/mol. The lowest BCUT2D eigenvalue weighted by Gasteiger charge is -2.14. The van der Waals surface area contributed by atoms with Gasteiger partial charge in [-0.25, -0.2) is 0 Å². The molecule has 0 fully saturated rings. The van der Waals surface area contributed by atoms with Crippen LogP contribution in [0, 0.1) is 6.92 Å². The molecule has 0 aliphatic rings. The molecular weight excluding hydrogens is 256 g/mol. The molecule has 2 rings (SSSR count). The van der Waals surface area contributed by atoms with E-state index in [-0.39, 0.29) is 5.78 Å². The molecule has 2 aromatic carbocycles. The van der Waals surface area contributed by atoms with Gasteiger partial charge < -0.3 is 0 Å². The van der Waals surface area contributed by atoms with E-state index in [0.29, 0.717) is 5.92 Å². The van der Waals surface area contributed by atoms with Crippen molar-refractivity contribution >= 4 is 5.78 Å². The zero-order chi connectivity index (χ0) is 15.2. The van der Waals surface area contributed by atoms with Crippen molar-refractivity contribution in [3.05, 3.63) is 70.8 Å². The van der Waals surface area contributed by atoms with Crippen LogP contribution in [0.3, 0.4) is 0 Å². The van der Waals surface area contributed by atoms with Gasteiger partial charge in [0.1, 0.15) is 0 Å². The molecule has 1 heteroatoms. The fraction of sp³-hybridized carbons (Fsp3) is 0.350. The topological polar surface area (TPSA) is 17.1 Å². The first kappa shape index (κ1) is 15.5. The molecule has 0 spiro atoms. The Labute approximate surface area is 128 Å². The number of hydrogen-bond donors (Lipinski definition) is 0. The molecule has 110 valence electrons. The van der Waals surface area contributed by atoms with Gasteiger partial charge in [0.25, 0.3) is 0 Å². The van der Waals surface area contributed by atoms with E-state index in [1.54, 1.807) is 0 Å². The maximum Gasteiger partial charge on any atom is 0.193 e. The molecule has 0 aliphatic heterocycles. The fourth-order valence-electron chi connectivity index (χ4n) is 2.73. The number of ketones is 1. The lowest BCUT2D eigenvalue weighted by molar-refractivity contribution is 0.103. The molecule has 2 aromatic rings. The predicted octanol–water partition coefficient (Wildman–Crippen LogP) is 5.52. The van der Waals surface area contributed by atoms with Crippen LogP contribution >= 0.6 is 0 Å². The Morgan fingerprint density at radius 2 is 1.43 bits per heavy atom. The summed E-state index contributed by atoms with van der Waals surface area (Å²) >= 11 is 0. The molecule has 1 nitrogen and oxygen atoms in total. The Bertz CT molecular complexity index is 578. The number of carbonyl (C=O) groups excluding carboxylic acids is 1. The van der Waals surface area contributed by atoms with Crippen molar-refractivity contribution in [3.8, 4) is 0 Å². The van der Waals surface area contributed by atoms with Crippen LogP contribution in [0.5, 0.6) is 0 Å². The molecule has 1 unspecified atom stereocenters. The van der Waals surface area contributed by atoms with Crippen LogP contribution in [0.4, 0.5) is 0 Å². The van der Waals surface area contributed by atoms with Crippen molar-refractivity contribution in [1.29, 1.82) is 0 Å². The third kappa shape index (κ3) is 3.81. The molecule has 0 N–H and O–H groups in total. The predicted molar refractivity (Wildman–Crippen MR) is 89.0 cm³/mol. The summed E-state index contributed by atoms with van der Waals surface area (Å²) < 4.78 is 0. The highest BCUT2D eigenvalue weighted by Crippen LogP contribution is 2.25. The molecular formula is C20H24O.